The Balaban J connectivity index is 2.97. The molecule has 0 spiro atoms. The number of alkyl carbamates (subject to hydrolysis) is 1. The van der Waals surface area contributed by atoms with E-state index in [4.69, 9.17) is 0 Å². The van der Waals surface area contributed by atoms with Crippen LogP contribution in [-0.4, -0.2) is 40.4 Å². The van der Waals surface area contributed by atoms with Crippen molar-refractivity contribution in [2.75, 3.05) is 33.2 Å². The van der Waals surface area contributed by atoms with Gasteiger partial charge in [0.25, 0.3) is 0 Å². The van der Waals surface area contributed by atoms with E-state index in [-0.39, 0.29) is 0 Å². The molecular weight excluding hydrogens is 248 g/mol. The van der Waals surface area contributed by atoms with Crippen molar-refractivity contribution in [3.8, 4) is 0 Å². The van der Waals surface area contributed by atoms with Crippen LogP contribution in [0.2, 0.25) is 0 Å². The maximum absolute atomic E-state index is 11.7. The molecule has 0 saturated heterocycles. The highest BCUT2D eigenvalue weighted by molar-refractivity contribution is 5.82. The molecule has 1 aromatic carbocycles. The second-order valence-electron chi connectivity index (χ2n) is 4.08. The van der Waals surface area contributed by atoms with Crippen LogP contribution in [0.5, 0.6) is 0 Å². The number of amides is 1. The highest BCUT2D eigenvalue weighted by atomic mass is 16.5. The smallest absolute Gasteiger partial charge is 0.407 e. The molecule has 0 aliphatic heterocycles. The van der Waals surface area contributed by atoms with Crippen molar-refractivity contribution in [1.29, 1.82) is 0 Å². The van der Waals surface area contributed by atoms with E-state index in [1.54, 1.807) is 12.1 Å². The third-order valence-corrected chi connectivity index (χ3v) is 2.63. The molecule has 0 heterocycles. The van der Waals surface area contributed by atoms with Crippen molar-refractivity contribution in [1.82, 2.24) is 5.32 Å². The molecule has 1 N–H and O–H groups in total. The predicted molar refractivity (Wildman–Crippen MR) is 71.1 cm³/mol. The number of hydrogen-bond donors (Lipinski definition) is 1. The monoisotopic (exact) mass is 266 g/mol. The molecule has 1 atom stereocenters. The second-order valence-corrected chi connectivity index (χ2v) is 4.08. The quantitative estimate of drug-likeness (QED) is 0.832. The molecule has 1 aromatic rings. The summed E-state index contributed by atoms with van der Waals surface area (Å²) in [5.41, 5.74) is 1.62. The van der Waals surface area contributed by atoms with Gasteiger partial charge in [0.15, 0.2) is 6.04 Å². The van der Waals surface area contributed by atoms with Crippen molar-refractivity contribution in [2.45, 2.75) is 6.04 Å². The lowest BCUT2D eigenvalue weighted by atomic mass is 10.1. The third kappa shape index (κ3) is 3.87. The predicted octanol–water partition coefficient (Wildman–Crippen LogP) is 1.32. The number of methoxy groups -OCH3 is 2. The van der Waals surface area contributed by atoms with Crippen molar-refractivity contribution in [2.24, 2.45) is 0 Å². The minimum Gasteiger partial charge on any atom is -0.467 e. The molecule has 0 fully saturated rings. The fourth-order valence-electron chi connectivity index (χ4n) is 1.54. The number of nitrogens with zero attached hydrogens (tertiary/aromatic N) is 1. The number of carbonyl (C=O) groups is 2. The molecule has 0 aliphatic carbocycles. The lowest BCUT2D eigenvalue weighted by molar-refractivity contribution is -0.143. The molecule has 6 nitrogen and oxygen atoms in total. The van der Waals surface area contributed by atoms with Gasteiger partial charge < -0.3 is 19.7 Å². The minimum atomic E-state index is -0.881. The molecule has 19 heavy (non-hydrogen) atoms. The van der Waals surface area contributed by atoms with E-state index in [2.05, 4.69) is 14.8 Å². The van der Waals surface area contributed by atoms with Crippen molar-refractivity contribution in [3.05, 3.63) is 29.8 Å². The Hall–Kier alpha value is -2.24. The van der Waals surface area contributed by atoms with Gasteiger partial charge in [0.05, 0.1) is 14.2 Å². The summed E-state index contributed by atoms with van der Waals surface area (Å²) in [5.74, 6) is -0.553. The Morgan fingerprint density at radius 1 is 1.11 bits per heavy atom. The summed E-state index contributed by atoms with van der Waals surface area (Å²) in [5, 5.41) is 2.43. The number of nitrogens with one attached hydrogen (secondary N) is 1. The maximum Gasteiger partial charge on any atom is 0.407 e. The number of hydrogen-bond acceptors (Lipinski definition) is 5. The highest BCUT2D eigenvalue weighted by Crippen LogP contribution is 2.19. The van der Waals surface area contributed by atoms with Crippen LogP contribution in [0.15, 0.2) is 24.3 Å². The zero-order chi connectivity index (χ0) is 14.4. The molecule has 1 rings (SSSR count). The van der Waals surface area contributed by atoms with Gasteiger partial charge in [-0.2, -0.15) is 0 Å². The highest BCUT2D eigenvalue weighted by Gasteiger charge is 2.23. The van der Waals surface area contributed by atoms with Gasteiger partial charge in [-0.3, -0.25) is 0 Å². The van der Waals surface area contributed by atoms with Crippen LogP contribution in [0.3, 0.4) is 0 Å². The zero-order valence-corrected chi connectivity index (χ0v) is 11.5. The normalized spacial score (nSPS) is 11.4. The van der Waals surface area contributed by atoms with Crippen LogP contribution in [0.4, 0.5) is 10.5 Å². The van der Waals surface area contributed by atoms with Gasteiger partial charge in [0, 0.05) is 19.8 Å². The van der Waals surface area contributed by atoms with Gasteiger partial charge >= 0.3 is 12.1 Å². The summed E-state index contributed by atoms with van der Waals surface area (Å²) in [7, 11) is 6.33. The second kappa shape index (κ2) is 6.63. The van der Waals surface area contributed by atoms with E-state index >= 15 is 0 Å². The average Bonchev–Trinajstić information content (AvgIpc) is 2.43. The van der Waals surface area contributed by atoms with Crippen LogP contribution in [-0.2, 0) is 14.3 Å². The van der Waals surface area contributed by atoms with E-state index in [0.717, 1.165) is 5.69 Å². The number of carbonyl (C=O) groups excluding carboxylic acids is 2. The summed E-state index contributed by atoms with van der Waals surface area (Å²) in [6.07, 6.45) is -0.688. The average molecular weight is 266 g/mol. The first-order chi connectivity index (χ1) is 8.99. The Kier molecular flexibility index (Phi) is 5.17. The van der Waals surface area contributed by atoms with E-state index < -0.39 is 18.1 Å². The van der Waals surface area contributed by atoms with E-state index in [9.17, 15) is 9.59 Å². The molecule has 0 radical (unpaired) electrons. The first kappa shape index (κ1) is 14.8. The minimum absolute atomic E-state index is 0.553. The molecule has 6 heteroatoms. The molecule has 0 aliphatic rings. The number of anilines is 1. The van der Waals surface area contributed by atoms with Gasteiger partial charge in [-0.25, -0.2) is 9.59 Å². The summed E-state index contributed by atoms with van der Waals surface area (Å²) in [4.78, 5) is 24.9. The maximum atomic E-state index is 11.7. The fraction of sp³-hybridized carbons (Fsp3) is 0.385. The van der Waals surface area contributed by atoms with Crippen molar-refractivity contribution in [3.63, 3.8) is 0 Å². The van der Waals surface area contributed by atoms with Gasteiger partial charge in [-0.05, 0) is 17.7 Å². The molecule has 0 bridgehead atoms. The Morgan fingerprint density at radius 2 is 1.68 bits per heavy atom. The summed E-state index contributed by atoms with van der Waals surface area (Å²) in [6.45, 7) is 0. The van der Waals surface area contributed by atoms with E-state index in [1.807, 2.05) is 31.1 Å². The third-order valence-electron chi connectivity index (χ3n) is 2.63. The van der Waals surface area contributed by atoms with Crippen molar-refractivity contribution >= 4 is 17.7 Å². The largest absolute Gasteiger partial charge is 0.467 e. The van der Waals surface area contributed by atoms with Gasteiger partial charge in [0.1, 0.15) is 0 Å². The lowest BCUT2D eigenvalue weighted by Crippen LogP contribution is -2.34. The number of rotatable bonds is 4. The first-order valence-corrected chi connectivity index (χ1v) is 5.69. The Morgan fingerprint density at radius 3 is 2.11 bits per heavy atom. The van der Waals surface area contributed by atoms with Gasteiger partial charge in [-0.15, -0.1) is 0 Å². The molecule has 0 aromatic heterocycles. The first-order valence-electron chi connectivity index (χ1n) is 5.69. The fourth-order valence-corrected chi connectivity index (χ4v) is 1.54. The van der Waals surface area contributed by atoms with Crippen LogP contribution >= 0.6 is 0 Å². The van der Waals surface area contributed by atoms with Gasteiger partial charge in [0.2, 0.25) is 0 Å². The summed E-state index contributed by atoms with van der Waals surface area (Å²) < 4.78 is 9.16. The number of esters is 1. The molecule has 1 amide bonds. The number of ether oxygens (including phenoxy) is 2. The van der Waals surface area contributed by atoms with Crippen LogP contribution in [0.25, 0.3) is 0 Å². The summed E-state index contributed by atoms with van der Waals surface area (Å²) in [6, 6.07) is 6.34. The lowest BCUT2D eigenvalue weighted by Gasteiger charge is -2.18. The van der Waals surface area contributed by atoms with Gasteiger partial charge in [-0.1, -0.05) is 12.1 Å². The summed E-state index contributed by atoms with van der Waals surface area (Å²) >= 11 is 0. The Labute approximate surface area is 112 Å². The molecule has 104 valence electrons. The van der Waals surface area contributed by atoms with Crippen LogP contribution in [0, 0.1) is 0 Å². The SMILES string of the molecule is COC(=O)N[C@H](C(=O)OC)c1ccc(N(C)C)cc1. The topological polar surface area (TPSA) is 67.9 Å². The van der Waals surface area contributed by atoms with E-state index in [0.29, 0.717) is 5.56 Å². The molecule has 0 saturated carbocycles. The molecular formula is C13H18N2O4. The van der Waals surface area contributed by atoms with Crippen LogP contribution in [0.1, 0.15) is 11.6 Å². The molecule has 0 unspecified atom stereocenters. The standard InChI is InChI=1S/C13H18N2O4/c1-15(2)10-7-5-9(6-8-10)11(12(16)18-3)14-13(17)19-4/h5-8,11H,1-4H3,(H,14,17)/t11-/m0/s1. The number of benzene rings is 1. The van der Waals surface area contributed by atoms with Crippen molar-refractivity contribution < 1.29 is 19.1 Å². The van der Waals surface area contributed by atoms with Crippen LogP contribution < -0.4 is 10.2 Å². The van der Waals surface area contributed by atoms with E-state index in [1.165, 1.54) is 14.2 Å². The Bertz CT molecular complexity index is 442. The zero-order valence-electron chi connectivity index (χ0n) is 11.5.